The van der Waals surface area contributed by atoms with Crippen molar-refractivity contribution in [3.8, 4) is 5.75 Å². The Morgan fingerprint density at radius 1 is 1.03 bits per heavy atom. The van der Waals surface area contributed by atoms with Gasteiger partial charge in [-0.15, -0.1) is 0 Å². The van der Waals surface area contributed by atoms with Crippen molar-refractivity contribution in [1.29, 1.82) is 0 Å². The molecule has 8 nitrogen and oxygen atoms in total. The van der Waals surface area contributed by atoms with E-state index in [9.17, 15) is 24.3 Å². The molecule has 1 N–H and O–H groups in total. The number of halogens is 1. The summed E-state index contributed by atoms with van der Waals surface area (Å²) in [7, 11) is 1.41. The summed E-state index contributed by atoms with van der Waals surface area (Å²) in [6.07, 6.45) is 3.20. The fourth-order valence-corrected chi connectivity index (χ4v) is 5.90. The van der Waals surface area contributed by atoms with Crippen LogP contribution in [0.25, 0.3) is 10.8 Å². The van der Waals surface area contributed by atoms with Gasteiger partial charge < -0.3 is 5.11 Å². The number of allylic oxidation sites excluding steroid dienone is 6. The second-order valence-electron chi connectivity index (χ2n) is 8.71. The van der Waals surface area contributed by atoms with E-state index in [4.69, 9.17) is 0 Å². The van der Waals surface area contributed by atoms with Gasteiger partial charge in [-0.25, -0.2) is 23.5 Å². The van der Waals surface area contributed by atoms with Crippen molar-refractivity contribution >= 4 is 38.3 Å². The Morgan fingerprint density at radius 3 is 2.59 bits per heavy atom. The first kappa shape index (κ1) is 20.9. The molecular weight excluding hydrogens is 502 g/mol. The van der Waals surface area contributed by atoms with Crippen molar-refractivity contribution in [2.45, 2.75) is 24.9 Å². The summed E-state index contributed by atoms with van der Waals surface area (Å²) in [5.74, 6) is -1.36. The molecule has 2 aromatic carbocycles. The summed E-state index contributed by atoms with van der Waals surface area (Å²) < 4.78 is 3.90. The third kappa shape index (κ3) is 2.64. The Balaban J connectivity index is 1.66. The van der Waals surface area contributed by atoms with E-state index in [2.05, 4.69) is 15.9 Å². The van der Waals surface area contributed by atoms with Crippen LogP contribution in [0.15, 0.2) is 79.3 Å². The zero-order chi connectivity index (χ0) is 23.9. The molecule has 6 rings (SSSR count). The molecule has 0 saturated carbocycles. The van der Waals surface area contributed by atoms with Crippen LogP contribution in [0.1, 0.15) is 23.9 Å². The second-order valence-corrected chi connectivity index (χ2v) is 9.56. The molecule has 0 amide bonds. The van der Waals surface area contributed by atoms with Crippen molar-refractivity contribution in [3.63, 3.8) is 0 Å². The lowest BCUT2D eigenvalue weighted by Crippen LogP contribution is -2.40. The van der Waals surface area contributed by atoms with E-state index >= 15 is 0 Å². The van der Waals surface area contributed by atoms with Crippen LogP contribution in [-0.4, -0.2) is 30.6 Å². The number of aromatic nitrogens is 3. The molecule has 0 bridgehead atoms. The van der Waals surface area contributed by atoms with Crippen LogP contribution >= 0.6 is 15.9 Å². The van der Waals surface area contributed by atoms with E-state index in [1.54, 1.807) is 12.1 Å². The van der Waals surface area contributed by atoms with E-state index in [0.717, 1.165) is 9.95 Å². The number of fused-ring (bicyclic) bond motifs is 4. The fraction of sp³-hybridized carbons (Fsp3) is 0.200. The van der Waals surface area contributed by atoms with E-state index in [-0.39, 0.29) is 40.3 Å². The monoisotopic (exact) mass is 519 g/mol. The third-order valence-corrected chi connectivity index (χ3v) is 7.62. The second kappa shape index (κ2) is 7.14. The highest BCUT2D eigenvalue weighted by Crippen LogP contribution is 2.52. The van der Waals surface area contributed by atoms with Crippen molar-refractivity contribution in [2.24, 2.45) is 7.05 Å². The number of ketones is 2. The molecule has 9 heteroatoms. The quantitative estimate of drug-likeness (QED) is 0.393. The van der Waals surface area contributed by atoms with Crippen LogP contribution < -0.4 is 11.4 Å². The highest BCUT2D eigenvalue weighted by molar-refractivity contribution is 9.12. The average Bonchev–Trinajstić information content (AvgIpc) is 3.06. The first-order valence-electron chi connectivity index (χ1n) is 10.8. The summed E-state index contributed by atoms with van der Waals surface area (Å²) in [6, 6.07) is 10.3. The molecule has 2 aliphatic carbocycles. The first-order valence-corrected chi connectivity index (χ1v) is 11.6. The number of phenols is 1. The minimum Gasteiger partial charge on any atom is -0.507 e. The molecule has 0 fully saturated rings. The maximum absolute atomic E-state index is 13.2. The van der Waals surface area contributed by atoms with Gasteiger partial charge in [0.05, 0.1) is 17.1 Å². The van der Waals surface area contributed by atoms with E-state index in [0.29, 0.717) is 22.1 Å². The van der Waals surface area contributed by atoms with Gasteiger partial charge in [0.25, 0.3) is 0 Å². The van der Waals surface area contributed by atoms with Crippen LogP contribution in [0.4, 0.5) is 0 Å². The number of aromatic hydroxyl groups is 1. The molecule has 2 atom stereocenters. The average molecular weight is 520 g/mol. The van der Waals surface area contributed by atoms with Gasteiger partial charge in [0.2, 0.25) is 0 Å². The minimum absolute atomic E-state index is 0.0220. The van der Waals surface area contributed by atoms with Crippen molar-refractivity contribution in [1.82, 2.24) is 13.9 Å². The Hall–Kier alpha value is -3.72. The predicted octanol–water partition coefficient (Wildman–Crippen LogP) is 2.60. The lowest BCUT2D eigenvalue weighted by molar-refractivity contribution is -0.115. The van der Waals surface area contributed by atoms with Gasteiger partial charge in [0.1, 0.15) is 5.75 Å². The van der Waals surface area contributed by atoms with Crippen molar-refractivity contribution in [3.05, 3.63) is 96.3 Å². The number of hydrogen-bond donors (Lipinski definition) is 1. The summed E-state index contributed by atoms with van der Waals surface area (Å²) in [4.78, 5) is 52.0. The molecule has 0 unspecified atom stereocenters. The standard InChI is InChI=1S/C25H18BrN3O5/c1-27-24(33)28-9-8-14-18(29(28)25(27)34)10-16-21(19(30)11-17(26)23(16)32)20(14)15-7-6-12-4-2-3-5-13(12)22(15)31/h2-8,11,18,20,31H,9-10H2,1H3/t18-,20-/m1/s1. The maximum atomic E-state index is 13.2. The number of carbonyl (C=O) groups is 2. The maximum Gasteiger partial charge on any atom is 0.347 e. The summed E-state index contributed by atoms with van der Waals surface area (Å²) in [6.45, 7) is 0.149. The number of phenolic OH excluding ortho intramolecular Hbond substituents is 1. The Morgan fingerprint density at radius 2 is 1.79 bits per heavy atom. The summed E-state index contributed by atoms with van der Waals surface area (Å²) in [5.41, 5.74) is 0.850. The number of carbonyl (C=O) groups excluding carboxylic acids is 2. The van der Waals surface area contributed by atoms with Gasteiger partial charge in [0.15, 0.2) is 11.6 Å². The van der Waals surface area contributed by atoms with Gasteiger partial charge in [-0.2, -0.15) is 0 Å². The van der Waals surface area contributed by atoms with E-state index in [1.807, 2.05) is 30.3 Å². The molecule has 0 spiro atoms. The van der Waals surface area contributed by atoms with Crippen LogP contribution in [-0.2, 0) is 23.2 Å². The largest absolute Gasteiger partial charge is 0.507 e. The number of rotatable bonds is 1. The number of hydrogen-bond acceptors (Lipinski definition) is 5. The van der Waals surface area contributed by atoms with Crippen molar-refractivity contribution < 1.29 is 14.7 Å². The molecule has 1 aliphatic heterocycles. The zero-order valence-electron chi connectivity index (χ0n) is 18.0. The molecule has 0 radical (unpaired) electrons. The van der Waals surface area contributed by atoms with Gasteiger partial charge >= 0.3 is 11.4 Å². The molecule has 170 valence electrons. The molecular formula is C25H18BrN3O5. The number of nitrogens with zero attached hydrogens (tertiary/aromatic N) is 3. The minimum atomic E-state index is -0.734. The summed E-state index contributed by atoms with van der Waals surface area (Å²) in [5, 5.41) is 12.7. The highest BCUT2D eigenvalue weighted by atomic mass is 79.9. The van der Waals surface area contributed by atoms with Crippen LogP contribution in [0.2, 0.25) is 0 Å². The lowest BCUT2D eigenvalue weighted by atomic mass is 9.68. The Bertz CT molecular complexity index is 1680. The van der Waals surface area contributed by atoms with Crippen LogP contribution in [0.5, 0.6) is 5.75 Å². The molecule has 3 aliphatic rings. The van der Waals surface area contributed by atoms with Gasteiger partial charge in [0, 0.05) is 47.6 Å². The normalized spacial score (nSPS) is 21.7. The smallest absolute Gasteiger partial charge is 0.347 e. The van der Waals surface area contributed by atoms with Gasteiger partial charge in [-0.3, -0.25) is 9.59 Å². The SMILES string of the molecule is Cn1c(=O)n2n(c1=O)[C@@H]1CC3=C(C(=O)C=C(Br)C3=O)[C@@H](c3ccc4ccccc4c3O)C1=CC2. The molecule has 2 heterocycles. The fourth-order valence-electron chi connectivity index (χ4n) is 5.45. The van der Waals surface area contributed by atoms with Gasteiger partial charge in [-0.1, -0.05) is 42.5 Å². The molecule has 0 saturated heterocycles. The predicted molar refractivity (Wildman–Crippen MR) is 128 cm³/mol. The Kier molecular flexibility index (Phi) is 4.38. The van der Waals surface area contributed by atoms with Gasteiger partial charge in [-0.05, 0) is 26.9 Å². The third-order valence-electron chi connectivity index (χ3n) is 7.03. The van der Waals surface area contributed by atoms with Crippen LogP contribution in [0, 0.1) is 0 Å². The van der Waals surface area contributed by atoms with Crippen LogP contribution in [0.3, 0.4) is 0 Å². The van der Waals surface area contributed by atoms with E-state index in [1.165, 1.54) is 22.5 Å². The molecule has 1 aromatic heterocycles. The number of Topliss-reactive ketones (excluding diaryl/α,β-unsaturated/α-hetero) is 1. The van der Waals surface area contributed by atoms with Crippen molar-refractivity contribution in [2.75, 3.05) is 0 Å². The zero-order valence-corrected chi connectivity index (χ0v) is 19.6. The highest BCUT2D eigenvalue weighted by Gasteiger charge is 2.45. The lowest BCUT2D eigenvalue weighted by Gasteiger charge is -2.39. The summed E-state index contributed by atoms with van der Waals surface area (Å²) >= 11 is 3.19. The topological polar surface area (TPSA) is 103 Å². The Labute approximate surface area is 200 Å². The number of benzene rings is 2. The van der Waals surface area contributed by atoms with E-state index < -0.39 is 23.3 Å². The first-order chi connectivity index (χ1) is 16.3. The molecule has 3 aromatic rings. The molecule has 34 heavy (non-hydrogen) atoms.